The van der Waals surface area contributed by atoms with Crippen LogP contribution < -0.4 is 9.46 Å². The van der Waals surface area contributed by atoms with Crippen molar-refractivity contribution in [2.24, 2.45) is 0 Å². The third-order valence-corrected chi connectivity index (χ3v) is 6.96. The second-order valence-electron chi connectivity index (χ2n) is 6.44. The molecule has 1 aromatic carbocycles. The average Bonchev–Trinajstić information content (AvgIpc) is 3.22. The number of nitrogens with one attached hydrogen (secondary N) is 1. The van der Waals surface area contributed by atoms with Crippen molar-refractivity contribution in [3.8, 4) is 5.75 Å². The molecule has 8 heteroatoms. The molecule has 1 atom stereocenters. The maximum Gasteiger partial charge on any atom is 0.211 e. The Balaban J connectivity index is 1.57. The van der Waals surface area contributed by atoms with Gasteiger partial charge in [-0.1, -0.05) is 12.1 Å². The largest absolute Gasteiger partial charge is 0.497 e. The molecule has 3 rings (SSSR count). The number of thioether (sulfide) groups is 1. The summed E-state index contributed by atoms with van der Waals surface area (Å²) in [5.74, 6) is 3.74. The molecule has 0 aliphatic carbocycles. The fourth-order valence-electron chi connectivity index (χ4n) is 3.10. The maximum atomic E-state index is 12.5. The van der Waals surface area contributed by atoms with Gasteiger partial charge in [-0.2, -0.15) is 11.8 Å². The number of rotatable bonds is 9. The standard InChI is InChI=1S/C19H26N2O4S2/c1-24-17-6-4-16(5-7-17)8-14-27(22,23)20-15-18(19-3-2-11-25-19)21-9-12-26-13-10-21/h2-7,11,18,20H,8-10,12-15H2,1H3/t18-/m1/s1. The van der Waals surface area contributed by atoms with E-state index in [1.54, 1.807) is 13.4 Å². The summed E-state index contributed by atoms with van der Waals surface area (Å²) in [5, 5.41) is 0. The fourth-order valence-corrected chi connectivity index (χ4v) is 5.09. The van der Waals surface area contributed by atoms with E-state index in [2.05, 4.69) is 9.62 Å². The van der Waals surface area contributed by atoms with E-state index in [0.717, 1.165) is 41.7 Å². The van der Waals surface area contributed by atoms with E-state index in [1.807, 2.05) is 48.2 Å². The lowest BCUT2D eigenvalue weighted by Gasteiger charge is -2.33. The van der Waals surface area contributed by atoms with Crippen LogP contribution in [0.25, 0.3) is 0 Å². The minimum absolute atomic E-state index is 0.0556. The second-order valence-corrected chi connectivity index (χ2v) is 9.60. The molecule has 0 bridgehead atoms. The summed E-state index contributed by atoms with van der Waals surface area (Å²) >= 11 is 1.93. The van der Waals surface area contributed by atoms with Gasteiger partial charge in [-0.15, -0.1) is 0 Å². The Morgan fingerprint density at radius 3 is 2.59 bits per heavy atom. The van der Waals surface area contributed by atoms with E-state index >= 15 is 0 Å². The smallest absolute Gasteiger partial charge is 0.211 e. The molecular formula is C19H26N2O4S2. The Morgan fingerprint density at radius 1 is 1.22 bits per heavy atom. The topological polar surface area (TPSA) is 71.8 Å². The van der Waals surface area contributed by atoms with Crippen molar-refractivity contribution in [1.82, 2.24) is 9.62 Å². The predicted octanol–water partition coefficient (Wildman–Crippen LogP) is 2.54. The van der Waals surface area contributed by atoms with Crippen LogP contribution in [0.3, 0.4) is 0 Å². The van der Waals surface area contributed by atoms with Crippen LogP contribution in [0.4, 0.5) is 0 Å². The second kappa shape index (κ2) is 9.64. The van der Waals surface area contributed by atoms with E-state index in [0.29, 0.717) is 13.0 Å². The SMILES string of the molecule is COc1ccc(CCS(=O)(=O)NC[C@H](c2ccco2)N2CCSCC2)cc1. The van der Waals surface area contributed by atoms with Gasteiger partial charge in [0.15, 0.2) is 0 Å². The van der Waals surface area contributed by atoms with Gasteiger partial charge < -0.3 is 9.15 Å². The lowest BCUT2D eigenvalue weighted by Crippen LogP contribution is -2.42. The first-order chi connectivity index (χ1) is 13.1. The van der Waals surface area contributed by atoms with Crippen LogP contribution in [0.5, 0.6) is 5.75 Å². The third-order valence-electron chi connectivity index (χ3n) is 4.67. The number of ether oxygens (including phenoxy) is 1. The number of hydrogen-bond acceptors (Lipinski definition) is 6. The Bertz CT molecular complexity index is 786. The fraction of sp³-hybridized carbons (Fsp3) is 0.474. The molecule has 1 aromatic heterocycles. The molecule has 0 spiro atoms. The maximum absolute atomic E-state index is 12.5. The monoisotopic (exact) mass is 410 g/mol. The Morgan fingerprint density at radius 2 is 1.96 bits per heavy atom. The first-order valence-electron chi connectivity index (χ1n) is 9.03. The third kappa shape index (κ3) is 6.00. The summed E-state index contributed by atoms with van der Waals surface area (Å²) in [7, 11) is -1.76. The lowest BCUT2D eigenvalue weighted by molar-refractivity contribution is 0.193. The minimum atomic E-state index is -3.38. The first-order valence-corrected chi connectivity index (χ1v) is 11.8. The lowest BCUT2D eigenvalue weighted by atomic mass is 10.2. The number of methoxy groups -OCH3 is 1. The minimum Gasteiger partial charge on any atom is -0.497 e. The summed E-state index contributed by atoms with van der Waals surface area (Å²) in [6, 6.07) is 11.2. The van der Waals surface area contributed by atoms with Crippen molar-refractivity contribution in [3.05, 3.63) is 54.0 Å². The van der Waals surface area contributed by atoms with Gasteiger partial charge in [-0.3, -0.25) is 4.90 Å². The molecule has 1 aliphatic rings. The number of aryl methyl sites for hydroxylation is 1. The van der Waals surface area contributed by atoms with Gasteiger partial charge in [0.2, 0.25) is 10.0 Å². The van der Waals surface area contributed by atoms with Crippen LogP contribution in [0.1, 0.15) is 17.4 Å². The predicted molar refractivity (Wildman–Crippen MR) is 109 cm³/mol. The van der Waals surface area contributed by atoms with Crippen molar-refractivity contribution in [2.75, 3.05) is 44.0 Å². The van der Waals surface area contributed by atoms with Crippen LogP contribution in [0.15, 0.2) is 47.1 Å². The summed E-state index contributed by atoms with van der Waals surface area (Å²) < 4.78 is 38.5. The number of sulfonamides is 1. The highest BCUT2D eigenvalue weighted by Crippen LogP contribution is 2.24. The van der Waals surface area contributed by atoms with Crippen LogP contribution in [0, 0.1) is 0 Å². The highest BCUT2D eigenvalue weighted by Gasteiger charge is 2.26. The summed E-state index contributed by atoms with van der Waals surface area (Å²) in [6.07, 6.45) is 2.10. The molecular weight excluding hydrogens is 384 g/mol. The summed E-state index contributed by atoms with van der Waals surface area (Å²) in [6.45, 7) is 2.19. The molecule has 6 nitrogen and oxygen atoms in total. The molecule has 1 N–H and O–H groups in total. The number of furan rings is 1. The number of hydrogen-bond donors (Lipinski definition) is 1. The molecule has 0 amide bonds. The van der Waals surface area contributed by atoms with Crippen molar-refractivity contribution in [3.63, 3.8) is 0 Å². The Kier molecular flexibility index (Phi) is 7.23. The zero-order chi connectivity index (χ0) is 19.1. The molecule has 1 saturated heterocycles. The molecule has 2 heterocycles. The molecule has 1 fully saturated rings. The van der Waals surface area contributed by atoms with Gasteiger partial charge in [0.1, 0.15) is 11.5 Å². The highest BCUT2D eigenvalue weighted by atomic mass is 32.2. The molecule has 148 valence electrons. The van der Waals surface area contributed by atoms with Crippen LogP contribution >= 0.6 is 11.8 Å². The van der Waals surface area contributed by atoms with Crippen LogP contribution in [-0.4, -0.2) is 57.3 Å². The molecule has 2 aromatic rings. The summed E-state index contributed by atoms with van der Waals surface area (Å²) in [4.78, 5) is 2.29. The highest BCUT2D eigenvalue weighted by molar-refractivity contribution is 7.99. The van der Waals surface area contributed by atoms with Gasteiger partial charge in [0.05, 0.1) is 25.2 Å². The molecule has 0 radical (unpaired) electrons. The molecule has 0 unspecified atom stereocenters. The van der Waals surface area contributed by atoms with Crippen LogP contribution in [-0.2, 0) is 16.4 Å². The van der Waals surface area contributed by atoms with Gasteiger partial charge in [-0.05, 0) is 36.2 Å². The first kappa shape index (κ1) is 20.3. The normalized spacial score (nSPS) is 16.9. The average molecular weight is 411 g/mol. The zero-order valence-electron chi connectivity index (χ0n) is 15.5. The van der Waals surface area contributed by atoms with Gasteiger partial charge in [-0.25, -0.2) is 13.1 Å². The summed E-state index contributed by atoms with van der Waals surface area (Å²) in [5.41, 5.74) is 0.969. The van der Waals surface area contributed by atoms with Crippen LogP contribution in [0.2, 0.25) is 0 Å². The van der Waals surface area contributed by atoms with E-state index in [-0.39, 0.29) is 11.8 Å². The van der Waals surface area contributed by atoms with Gasteiger partial charge in [0, 0.05) is 31.1 Å². The van der Waals surface area contributed by atoms with Crippen molar-refractivity contribution in [1.29, 1.82) is 0 Å². The Hall–Kier alpha value is -1.48. The molecule has 27 heavy (non-hydrogen) atoms. The van der Waals surface area contributed by atoms with Crippen molar-refractivity contribution in [2.45, 2.75) is 12.5 Å². The van der Waals surface area contributed by atoms with Gasteiger partial charge in [0.25, 0.3) is 0 Å². The van der Waals surface area contributed by atoms with Gasteiger partial charge >= 0.3 is 0 Å². The zero-order valence-corrected chi connectivity index (χ0v) is 17.1. The number of benzene rings is 1. The number of nitrogens with zero attached hydrogens (tertiary/aromatic N) is 1. The molecule has 1 aliphatic heterocycles. The van der Waals surface area contributed by atoms with E-state index in [9.17, 15) is 8.42 Å². The van der Waals surface area contributed by atoms with E-state index in [1.165, 1.54) is 0 Å². The molecule has 0 saturated carbocycles. The Labute approximate surface area is 165 Å². The van der Waals surface area contributed by atoms with E-state index in [4.69, 9.17) is 9.15 Å². The quantitative estimate of drug-likeness (QED) is 0.685. The van der Waals surface area contributed by atoms with Crippen molar-refractivity contribution >= 4 is 21.8 Å². The van der Waals surface area contributed by atoms with Crippen molar-refractivity contribution < 1.29 is 17.6 Å². The van der Waals surface area contributed by atoms with E-state index < -0.39 is 10.0 Å².